The zero-order valence-electron chi connectivity index (χ0n) is 16.6. The molecule has 2 aromatic carbocycles. The monoisotopic (exact) mass is 424 g/mol. The highest BCUT2D eigenvalue weighted by Crippen LogP contribution is 2.19. The van der Waals surface area contributed by atoms with Gasteiger partial charge in [0.2, 0.25) is 10.0 Å². The number of nitrogens with zero attached hydrogens (tertiary/aromatic N) is 3. The van der Waals surface area contributed by atoms with E-state index in [-0.39, 0.29) is 17.3 Å². The summed E-state index contributed by atoms with van der Waals surface area (Å²) in [7, 11) is -3.69. The van der Waals surface area contributed by atoms with E-state index in [0.717, 1.165) is 18.7 Å². The highest BCUT2D eigenvalue weighted by Gasteiger charge is 2.22. The smallest absolute Gasteiger partial charge is 0.253 e. The molecule has 0 saturated carbocycles. The Hall–Kier alpha value is -3.15. The molecule has 1 aliphatic heterocycles. The Morgan fingerprint density at radius 1 is 1.13 bits per heavy atom. The first-order valence-electron chi connectivity index (χ1n) is 9.69. The number of hydrogen-bond donors (Lipinski definition) is 1. The second-order valence-electron chi connectivity index (χ2n) is 6.96. The molecule has 30 heavy (non-hydrogen) atoms. The number of benzene rings is 2. The van der Waals surface area contributed by atoms with Crippen molar-refractivity contribution in [2.45, 2.75) is 11.3 Å². The zero-order chi connectivity index (χ0) is 21.6. The number of anilines is 1. The van der Waals surface area contributed by atoms with E-state index in [2.05, 4.69) is 22.3 Å². The largest absolute Gasteiger partial charge is 0.370 e. The quantitative estimate of drug-likeness (QED) is 0.719. The second kappa shape index (κ2) is 9.57. The number of nitrogens with one attached hydrogen (secondary N) is 1. The Balaban J connectivity index is 1.71. The van der Waals surface area contributed by atoms with Gasteiger partial charge in [0.25, 0.3) is 5.91 Å². The van der Waals surface area contributed by atoms with E-state index < -0.39 is 10.0 Å². The minimum Gasteiger partial charge on any atom is -0.370 e. The highest BCUT2D eigenvalue weighted by molar-refractivity contribution is 7.89. The van der Waals surface area contributed by atoms with E-state index >= 15 is 0 Å². The van der Waals surface area contributed by atoms with Crippen molar-refractivity contribution in [2.24, 2.45) is 0 Å². The topological polar surface area (TPSA) is 93.5 Å². The third-order valence-electron chi connectivity index (χ3n) is 4.95. The van der Waals surface area contributed by atoms with Gasteiger partial charge in [-0.05, 0) is 48.9 Å². The standard InChI is InChI=1S/C22H24N4O3S/c1-2-11-24-30(28,29)21-6-3-5-19(16-21)22(27)26-13-4-12-25(14-15-26)20-9-7-18(17-23)8-10-20/h2-3,5-10,16,24H,1,4,11-15H2. The van der Waals surface area contributed by atoms with Crippen molar-refractivity contribution in [1.29, 1.82) is 5.26 Å². The van der Waals surface area contributed by atoms with Crippen LogP contribution in [-0.4, -0.2) is 51.9 Å². The SMILES string of the molecule is C=CCNS(=O)(=O)c1cccc(C(=O)N2CCCN(c3ccc(C#N)cc3)CC2)c1. The molecular weight excluding hydrogens is 400 g/mol. The molecule has 1 heterocycles. The van der Waals surface area contributed by atoms with Crippen LogP contribution < -0.4 is 9.62 Å². The molecular formula is C22H24N4O3S. The van der Waals surface area contributed by atoms with E-state index in [4.69, 9.17) is 5.26 Å². The third kappa shape index (κ3) is 5.06. The summed E-state index contributed by atoms with van der Waals surface area (Å²) in [4.78, 5) is 17.0. The zero-order valence-corrected chi connectivity index (χ0v) is 17.4. The van der Waals surface area contributed by atoms with Crippen LogP contribution in [0.4, 0.5) is 5.69 Å². The fourth-order valence-electron chi connectivity index (χ4n) is 3.36. The summed E-state index contributed by atoms with van der Waals surface area (Å²) in [5, 5.41) is 8.95. The van der Waals surface area contributed by atoms with Gasteiger partial charge in [-0.3, -0.25) is 4.79 Å². The molecule has 7 nitrogen and oxygen atoms in total. The van der Waals surface area contributed by atoms with E-state index in [1.807, 2.05) is 12.1 Å². The molecule has 3 rings (SSSR count). The van der Waals surface area contributed by atoms with Crippen LogP contribution >= 0.6 is 0 Å². The van der Waals surface area contributed by atoms with Crippen molar-refractivity contribution in [3.63, 3.8) is 0 Å². The van der Waals surface area contributed by atoms with Crippen molar-refractivity contribution < 1.29 is 13.2 Å². The van der Waals surface area contributed by atoms with Gasteiger partial charge in [0.05, 0.1) is 16.5 Å². The Labute approximate surface area is 177 Å². The summed E-state index contributed by atoms with van der Waals surface area (Å²) in [5.74, 6) is -0.183. The molecule has 156 valence electrons. The van der Waals surface area contributed by atoms with E-state index in [1.165, 1.54) is 18.2 Å². The molecule has 1 saturated heterocycles. The van der Waals surface area contributed by atoms with Gasteiger partial charge >= 0.3 is 0 Å². The van der Waals surface area contributed by atoms with Crippen molar-refractivity contribution in [2.75, 3.05) is 37.6 Å². The summed E-state index contributed by atoms with van der Waals surface area (Å²) in [5.41, 5.74) is 1.98. The summed E-state index contributed by atoms with van der Waals surface area (Å²) in [6.45, 7) is 6.22. The molecule has 0 atom stereocenters. The maximum Gasteiger partial charge on any atom is 0.253 e. The maximum absolute atomic E-state index is 13.0. The number of sulfonamides is 1. The lowest BCUT2D eigenvalue weighted by molar-refractivity contribution is 0.0767. The molecule has 2 aromatic rings. The third-order valence-corrected chi connectivity index (χ3v) is 6.37. The summed E-state index contributed by atoms with van der Waals surface area (Å²) in [6, 6.07) is 15.6. The normalized spacial score (nSPS) is 14.6. The molecule has 0 bridgehead atoms. The molecule has 0 aromatic heterocycles. The summed E-state index contributed by atoms with van der Waals surface area (Å²) >= 11 is 0. The van der Waals surface area contributed by atoms with Gasteiger partial charge in [-0.15, -0.1) is 6.58 Å². The molecule has 1 aliphatic rings. The number of nitriles is 1. The van der Waals surface area contributed by atoms with Crippen LogP contribution in [0.2, 0.25) is 0 Å². The van der Waals surface area contributed by atoms with Gasteiger partial charge < -0.3 is 9.80 Å². The lowest BCUT2D eigenvalue weighted by Gasteiger charge is -2.24. The van der Waals surface area contributed by atoms with Crippen LogP contribution in [0.1, 0.15) is 22.3 Å². The van der Waals surface area contributed by atoms with E-state index in [0.29, 0.717) is 30.8 Å². The van der Waals surface area contributed by atoms with Gasteiger partial charge in [-0.25, -0.2) is 13.1 Å². The highest BCUT2D eigenvalue weighted by atomic mass is 32.2. The van der Waals surface area contributed by atoms with Gasteiger partial charge in [-0.2, -0.15) is 5.26 Å². The van der Waals surface area contributed by atoms with Crippen molar-refractivity contribution in [3.05, 3.63) is 72.3 Å². The molecule has 0 radical (unpaired) electrons. The Kier molecular flexibility index (Phi) is 6.87. The fraction of sp³-hybridized carbons (Fsp3) is 0.273. The Morgan fingerprint density at radius 2 is 1.90 bits per heavy atom. The molecule has 1 N–H and O–H groups in total. The predicted molar refractivity (Wildman–Crippen MR) is 116 cm³/mol. The molecule has 8 heteroatoms. The van der Waals surface area contributed by atoms with Gasteiger partial charge in [0, 0.05) is 44.0 Å². The average Bonchev–Trinajstić information content (AvgIpc) is 3.04. The number of amides is 1. The van der Waals surface area contributed by atoms with Crippen LogP contribution in [0.15, 0.2) is 66.1 Å². The van der Waals surface area contributed by atoms with Crippen LogP contribution in [0, 0.1) is 11.3 Å². The predicted octanol–water partition coefficient (Wildman–Crippen LogP) is 2.38. The van der Waals surface area contributed by atoms with Crippen molar-refractivity contribution >= 4 is 21.6 Å². The fourth-order valence-corrected chi connectivity index (χ4v) is 4.40. The Morgan fingerprint density at radius 3 is 2.60 bits per heavy atom. The van der Waals surface area contributed by atoms with Gasteiger partial charge in [0.15, 0.2) is 0 Å². The molecule has 1 amide bonds. The molecule has 0 unspecified atom stereocenters. The first-order valence-corrected chi connectivity index (χ1v) is 11.2. The first-order chi connectivity index (χ1) is 14.4. The van der Waals surface area contributed by atoms with E-state index in [1.54, 1.807) is 29.2 Å². The molecule has 0 aliphatic carbocycles. The number of rotatable bonds is 6. The number of hydrogen-bond acceptors (Lipinski definition) is 5. The minimum atomic E-state index is -3.69. The maximum atomic E-state index is 13.0. The van der Waals surface area contributed by atoms with Crippen LogP contribution in [0.3, 0.4) is 0 Å². The number of carbonyl (C=O) groups is 1. The summed E-state index contributed by atoms with van der Waals surface area (Å²) in [6.07, 6.45) is 2.26. The lowest BCUT2D eigenvalue weighted by Crippen LogP contribution is -2.35. The van der Waals surface area contributed by atoms with Crippen molar-refractivity contribution in [1.82, 2.24) is 9.62 Å². The first kappa shape index (κ1) is 21.6. The summed E-state index contributed by atoms with van der Waals surface area (Å²) < 4.78 is 27.1. The van der Waals surface area contributed by atoms with Gasteiger partial charge in [-0.1, -0.05) is 12.1 Å². The van der Waals surface area contributed by atoms with Crippen LogP contribution in [-0.2, 0) is 10.0 Å². The Bertz CT molecular complexity index is 1060. The van der Waals surface area contributed by atoms with Crippen LogP contribution in [0.25, 0.3) is 0 Å². The molecule has 1 fully saturated rings. The lowest BCUT2D eigenvalue weighted by atomic mass is 10.2. The second-order valence-corrected chi connectivity index (χ2v) is 8.73. The van der Waals surface area contributed by atoms with Crippen molar-refractivity contribution in [3.8, 4) is 6.07 Å². The van der Waals surface area contributed by atoms with Crippen LogP contribution in [0.5, 0.6) is 0 Å². The number of carbonyl (C=O) groups excluding carboxylic acids is 1. The minimum absolute atomic E-state index is 0.0595. The van der Waals surface area contributed by atoms with E-state index in [9.17, 15) is 13.2 Å². The molecule has 0 spiro atoms. The van der Waals surface area contributed by atoms with Gasteiger partial charge in [0.1, 0.15) is 0 Å². The average molecular weight is 425 g/mol.